The Labute approximate surface area is 170 Å². The maximum absolute atomic E-state index is 5.17. The van der Waals surface area contributed by atoms with Crippen LogP contribution in [0.15, 0.2) is 10.3 Å². The first kappa shape index (κ1) is 27.2. The molecule has 0 atom stereocenters. The second kappa shape index (κ2) is 14.9. The van der Waals surface area contributed by atoms with Crippen LogP contribution in [0.3, 0.4) is 0 Å². The number of hydrogen-bond donors (Lipinski definition) is 0. The Morgan fingerprint density at radius 3 is 1.27 bits per heavy atom. The fourth-order valence-electron chi connectivity index (χ4n) is 1.09. The molecule has 0 aromatic heterocycles. The van der Waals surface area contributed by atoms with Gasteiger partial charge in [0.05, 0.1) is 42.3 Å². The van der Waals surface area contributed by atoms with E-state index in [9.17, 15) is 0 Å². The molecule has 0 rings (SSSR count). The van der Waals surface area contributed by atoms with E-state index in [4.69, 9.17) is 9.68 Å². The number of unbranched alkanes of at least 4 members (excludes halogenated alkanes) is 1. The summed E-state index contributed by atoms with van der Waals surface area (Å²) in [4.78, 5) is 10.3. The molecule has 0 spiro atoms. The van der Waals surface area contributed by atoms with E-state index in [1.807, 2.05) is 0 Å². The summed E-state index contributed by atoms with van der Waals surface area (Å²) in [6.07, 6.45) is 5.17. The van der Waals surface area contributed by atoms with Crippen molar-refractivity contribution in [3.8, 4) is 0 Å². The van der Waals surface area contributed by atoms with Crippen molar-refractivity contribution in [1.29, 1.82) is 0 Å². The monoisotopic (exact) mass is 542 g/mol. The van der Waals surface area contributed by atoms with Crippen LogP contribution in [0, 0.1) is 0 Å². The van der Waals surface area contributed by atoms with E-state index >= 15 is 0 Å². The highest BCUT2D eigenvalue weighted by atomic mass is 127. The minimum Gasteiger partial charge on any atom is -1.00 e. The molecule has 134 valence electrons. The molecular formula is C14H32I2N4O2. The van der Waals surface area contributed by atoms with E-state index in [0.717, 1.165) is 34.9 Å². The Hall–Kier alpha value is 0.320. The number of quaternary nitrogens is 2. The SMILES string of the molecule is C[N+](C)(C)CCO/N=C/CC/C=N/OCC[N+](C)(C)C.[I-].[I-]. The van der Waals surface area contributed by atoms with Crippen LogP contribution in [0.25, 0.3) is 0 Å². The lowest BCUT2D eigenvalue weighted by Gasteiger charge is -2.22. The molecule has 0 radical (unpaired) electrons. The summed E-state index contributed by atoms with van der Waals surface area (Å²) in [6.45, 7) is 3.17. The zero-order chi connectivity index (χ0) is 15.5. The number of nitrogens with zero attached hydrogens (tertiary/aromatic N) is 4. The van der Waals surface area contributed by atoms with Crippen LogP contribution in [-0.2, 0) is 9.68 Å². The Bertz CT molecular complexity index is 270. The van der Waals surface area contributed by atoms with Gasteiger partial charge in [-0.15, -0.1) is 0 Å². The summed E-state index contributed by atoms with van der Waals surface area (Å²) >= 11 is 0. The largest absolute Gasteiger partial charge is 1.00 e. The van der Waals surface area contributed by atoms with Crippen molar-refractivity contribution in [3.63, 3.8) is 0 Å². The molecule has 0 saturated carbocycles. The predicted octanol–water partition coefficient (Wildman–Crippen LogP) is -4.81. The molecular weight excluding hydrogens is 510 g/mol. The van der Waals surface area contributed by atoms with Crippen LogP contribution >= 0.6 is 0 Å². The summed E-state index contributed by atoms with van der Waals surface area (Å²) < 4.78 is 1.76. The summed E-state index contributed by atoms with van der Waals surface area (Å²) in [5.41, 5.74) is 0. The van der Waals surface area contributed by atoms with Crippen molar-refractivity contribution in [3.05, 3.63) is 0 Å². The molecule has 0 amide bonds. The van der Waals surface area contributed by atoms with Crippen molar-refractivity contribution in [2.24, 2.45) is 10.3 Å². The first-order valence-electron chi connectivity index (χ1n) is 7.09. The van der Waals surface area contributed by atoms with E-state index in [2.05, 4.69) is 52.6 Å². The maximum Gasteiger partial charge on any atom is 0.165 e. The molecule has 0 bridgehead atoms. The van der Waals surface area contributed by atoms with Crippen LogP contribution in [0.5, 0.6) is 0 Å². The average Bonchev–Trinajstić information content (AvgIpc) is 2.27. The lowest BCUT2D eigenvalue weighted by Crippen LogP contribution is -3.00. The minimum atomic E-state index is 0. The summed E-state index contributed by atoms with van der Waals surface area (Å²) in [6, 6.07) is 0. The van der Waals surface area contributed by atoms with Crippen LogP contribution in [0.2, 0.25) is 0 Å². The maximum atomic E-state index is 5.17. The molecule has 0 aliphatic carbocycles. The van der Waals surface area contributed by atoms with Gasteiger partial charge in [0, 0.05) is 12.4 Å². The minimum absolute atomic E-state index is 0. The first-order chi connectivity index (χ1) is 9.21. The second-order valence-electron chi connectivity index (χ2n) is 6.85. The highest BCUT2D eigenvalue weighted by molar-refractivity contribution is 5.65. The summed E-state index contributed by atoms with van der Waals surface area (Å²) in [5, 5.41) is 7.80. The third kappa shape index (κ3) is 25.3. The smallest absolute Gasteiger partial charge is 0.165 e. The van der Waals surface area contributed by atoms with Crippen LogP contribution in [-0.4, -0.2) is 90.0 Å². The Balaban J connectivity index is -0.00000180. The van der Waals surface area contributed by atoms with E-state index in [1.165, 1.54) is 0 Å². The predicted molar refractivity (Wildman–Crippen MR) is 83.9 cm³/mol. The van der Waals surface area contributed by atoms with Crippen molar-refractivity contribution >= 4 is 12.4 Å². The van der Waals surface area contributed by atoms with Gasteiger partial charge in [0.25, 0.3) is 0 Å². The molecule has 0 fully saturated rings. The molecule has 6 nitrogen and oxygen atoms in total. The second-order valence-corrected chi connectivity index (χ2v) is 6.85. The van der Waals surface area contributed by atoms with Gasteiger partial charge in [-0.05, 0) is 12.8 Å². The first-order valence-corrected chi connectivity index (χ1v) is 7.09. The normalized spacial score (nSPS) is 12.1. The number of hydrogen-bond acceptors (Lipinski definition) is 4. The number of oxime groups is 2. The number of halogens is 2. The van der Waals surface area contributed by atoms with Gasteiger partial charge in [0.1, 0.15) is 13.1 Å². The van der Waals surface area contributed by atoms with Gasteiger partial charge in [0.2, 0.25) is 0 Å². The average molecular weight is 542 g/mol. The van der Waals surface area contributed by atoms with Crippen LogP contribution < -0.4 is 48.0 Å². The van der Waals surface area contributed by atoms with Crippen molar-refractivity contribution < 1.29 is 66.6 Å². The van der Waals surface area contributed by atoms with Crippen molar-refractivity contribution in [1.82, 2.24) is 0 Å². The molecule has 0 unspecified atom stereocenters. The quantitative estimate of drug-likeness (QED) is 0.0866. The third-order valence-electron chi connectivity index (χ3n) is 2.43. The third-order valence-corrected chi connectivity index (χ3v) is 2.43. The zero-order valence-corrected chi connectivity index (χ0v) is 19.1. The van der Waals surface area contributed by atoms with E-state index in [1.54, 1.807) is 12.4 Å². The highest BCUT2D eigenvalue weighted by Crippen LogP contribution is 1.91. The molecule has 22 heavy (non-hydrogen) atoms. The van der Waals surface area contributed by atoms with E-state index < -0.39 is 0 Å². The number of likely N-dealkylation sites (N-methyl/N-ethyl adjacent to an activating group) is 2. The highest BCUT2D eigenvalue weighted by Gasteiger charge is 2.05. The summed E-state index contributed by atoms with van der Waals surface area (Å²) in [5.74, 6) is 0. The fraction of sp³-hybridized carbons (Fsp3) is 0.857. The lowest BCUT2D eigenvalue weighted by atomic mass is 10.4. The molecule has 0 aliphatic heterocycles. The molecule has 0 aliphatic rings. The van der Waals surface area contributed by atoms with E-state index in [-0.39, 0.29) is 48.0 Å². The molecule has 0 aromatic rings. The van der Waals surface area contributed by atoms with Crippen LogP contribution in [0.1, 0.15) is 12.8 Å². The summed E-state index contributed by atoms with van der Waals surface area (Å²) in [7, 11) is 12.8. The van der Waals surface area contributed by atoms with Gasteiger partial charge in [-0.1, -0.05) is 10.3 Å². The van der Waals surface area contributed by atoms with Crippen molar-refractivity contribution in [2.75, 3.05) is 68.6 Å². The molecule has 0 saturated heterocycles. The molecule has 0 aromatic carbocycles. The molecule has 0 N–H and O–H groups in total. The Kier molecular flexibility index (Phi) is 18.4. The fourth-order valence-corrected chi connectivity index (χ4v) is 1.09. The number of rotatable bonds is 11. The topological polar surface area (TPSA) is 43.2 Å². The van der Waals surface area contributed by atoms with Gasteiger partial charge in [0.15, 0.2) is 13.2 Å². The van der Waals surface area contributed by atoms with Gasteiger partial charge in [-0.2, -0.15) is 0 Å². The molecule has 8 heteroatoms. The Morgan fingerprint density at radius 1 is 0.682 bits per heavy atom. The van der Waals surface area contributed by atoms with E-state index in [0.29, 0.717) is 13.2 Å². The molecule has 0 heterocycles. The van der Waals surface area contributed by atoms with Gasteiger partial charge >= 0.3 is 0 Å². The standard InChI is InChI=1S/C14H32N4O2.2HI/c1-17(2,3)11-13-19-15-9-7-8-10-16-20-14-12-18(4,5)6;;/h9-10H,7-8,11-14H2,1-6H3;2*1H/q+2;;/p-2/b15-9+,16-10+;;. The Morgan fingerprint density at radius 2 is 1.00 bits per heavy atom. The van der Waals surface area contributed by atoms with Gasteiger partial charge in [-0.3, -0.25) is 0 Å². The lowest BCUT2D eigenvalue weighted by molar-refractivity contribution is -0.870. The van der Waals surface area contributed by atoms with Gasteiger partial charge < -0.3 is 66.6 Å². The van der Waals surface area contributed by atoms with Crippen LogP contribution in [0.4, 0.5) is 0 Å². The van der Waals surface area contributed by atoms with Gasteiger partial charge in [-0.25, -0.2) is 0 Å². The van der Waals surface area contributed by atoms with Crippen molar-refractivity contribution in [2.45, 2.75) is 12.8 Å². The zero-order valence-electron chi connectivity index (χ0n) is 14.8.